The maximum Gasteiger partial charge on any atom is 0.151 e. The van der Waals surface area contributed by atoms with Gasteiger partial charge in [0.2, 0.25) is 0 Å². The van der Waals surface area contributed by atoms with Crippen LogP contribution in [0.15, 0.2) is 18.5 Å². The molecule has 1 fully saturated rings. The number of carbonyl (C=O) groups is 1. The molecule has 0 radical (unpaired) electrons. The second kappa shape index (κ2) is 3.47. The molecule has 3 heteroatoms. The zero-order valence-electron chi connectivity index (χ0n) is 7.18. The van der Waals surface area contributed by atoms with Gasteiger partial charge in [0.05, 0.1) is 0 Å². The smallest absolute Gasteiger partial charge is 0.151 e. The zero-order valence-corrected chi connectivity index (χ0v) is 7.18. The van der Waals surface area contributed by atoms with Crippen molar-refractivity contribution in [1.82, 2.24) is 9.97 Å². The van der Waals surface area contributed by atoms with Crippen LogP contribution >= 0.6 is 0 Å². The van der Waals surface area contributed by atoms with Crippen LogP contribution in [-0.4, -0.2) is 16.3 Å². The molecule has 0 atom stereocenters. The van der Waals surface area contributed by atoms with E-state index in [4.69, 9.17) is 0 Å². The first-order valence-electron chi connectivity index (χ1n) is 4.34. The van der Waals surface area contributed by atoms with Gasteiger partial charge in [-0.15, -0.1) is 0 Å². The molecule has 0 spiro atoms. The number of rotatable bonds is 3. The van der Waals surface area contributed by atoms with E-state index in [9.17, 15) is 4.79 Å². The van der Waals surface area contributed by atoms with Crippen LogP contribution in [0, 0.1) is 0 Å². The highest BCUT2D eigenvalue weighted by Crippen LogP contribution is 2.39. The van der Waals surface area contributed by atoms with Crippen molar-refractivity contribution >= 4 is 12.4 Å². The first kappa shape index (κ1) is 8.10. The molecule has 13 heavy (non-hydrogen) atoms. The maximum atomic E-state index is 10.0. The molecule has 1 aromatic heterocycles. The van der Waals surface area contributed by atoms with E-state index in [0.29, 0.717) is 11.7 Å². The Hall–Kier alpha value is -1.51. The lowest BCUT2D eigenvalue weighted by molar-refractivity contribution is -0.104. The van der Waals surface area contributed by atoms with Crippen molar-refractivity contribution in [3.05, 3.63) is 29.9 Å². The van der Waals surface area contributed by atoms with E-state index in [1.807, 2.05) is 12.4 Å². The van der Waals surface area contributed by atoms with Gasteiger partial charge in [0.15, 0.2) is 5.82 Å². The summed E-state index contributed by atoms with van der Waals surface area (Å²) >= 11 is 0. The van der Waals surface area contributed by atoms with Crippen LogP contribution in [0.1, 0.15) is 30.1 Å². The molecule has 0 amide bonds. The van der Waals surface area contributed by atoms with Crippen molar-refractivity contribution in [2.24, 2.45) is 0 Å². The number of hydrogen-bond acceptors (Lipinski definition) is 3. The third-order valence-corrected chi connectivity index (χ3v) is 2.06. The molecule has 1 saturated carbocycles. The van der Waals surface area contributed by atoms with E-state index < -0.39 is 0 Å². The van der Waals surface area contributed by atoms with Crippen molar-refractivity contribution in [1.29, 1.82) is 0 Å². The van der Waals surface area contributed by atoms with E-state index in [0.717, 1.165) is 6.29 Å². The predicted molar refractivity (Wildman–Crippen MR) is 49.1 cm³/mol. The number of hydrogen-bond donors (Lipinski definition) is 0. The van der Waals surface area contributed by atoms with Crippen LogP contribution in [0.3, 0.4) is 0 Å². The molecular formula is C10H10N2O. The summed E-state index contributed by atoms with van der Waals surface area (Å²) < 4.78 is 0. The Morgan fingerprint density at radius 2 is 2.00 bits per heavy atom. The lowest BCUT2D eigenvalue weighted by Gasteiger charge is -1.95. The fourth-order valence-corrected chi connectivity index (χ4v) is 1.19. The number of aldehydes is 1. The molecule has 3 nitrogen and oxygen atoms in total. The third kappa shape index (κ3) is 1.99. The van der Waals surface area contributed by atoms with Crippen LogP contribution in [0.4, 0.5) is 0 Å². The SMILES string of the molecule is O=CC=Cc1ncc(C2CC2)cn1. The van der Waals surface area contributed by atoms with Crippen LogP contribution in [0.5, 0.6) is 0 Å². The molecule has 1 aliphatic carbocycles. The molecule has 1 heterocycles. The highest BCUT2D eigenvalue weighted by Gasteiger charge is 2.23. The van der Waals surface area contributed by atoms with Gasteiger partial charge in [-0.25, -0.2) is 9.97 Å². The van der Waals surface area contributed by atoms with Gasteiger partial charge >= 0.3 is 0 Å². The van der Waals surface area contributed by atoms with Gasteiger partial charge in [0.1, 0.15) is 6.29 Å². The van der Waals surface area contributed by atoms with E-state index in [2.05, 4.69) is 9.97 Å². The summed E-state index contributed by atoms with van der Waals surface area (Å²) in [5, 5.41) is 0. The minimum absolute atomic E-state index is 0.594. The summed E-state index contributed by atoms with van der Waals surface area (Å²) in [6.07, 6.45) is 9.91. The Balaban J connectivity index is 2.12. The van der Waals surface area contributed by atoms with Crippen LogP contribution in [-0.2, 0) is 4.79 Å². The van der Waals surface area contributed by atoms with Crippen molar-refractivity contribution in [2.75, 3.05) is 0 Å². The van der Waals surface area contributed by atoms with Crippen LogP contribution in [0.2, 0.25) is 0 Å². The molecule has 1 aliphatic rings. The molecule has 0 saturated heterocycles. The third-order valence-electron chi connectivity index (χ3n) is 2.06. The average Bonchev–Trinajstić information content (AvgIpc) is 2.99. The van der Waals surface area contributed by atoms with Gasteiger partial charge < -0.3 is 0 Å². The quantitative estimate of drug-likeness (QED) is 0.516. The summed E-state index contributed by atoms with van der Waals surface area (Å²) in [5.41, 5.74) is 1.21. The Morgan fingerprint density at radius 1 is 1.31 bits per heavy atom. The van der Waals surface area contributed by atoms with Gasteiger partial charge in [-0.05, 0) is 36.5 Å². The zero-order chi connectivity index (χ0) is 9.10. The lowest BCUT2D eigenvalue weighted by atomic mass is 10.2. The van der Waals surface area contributed by atoms with Crippen molar-refractivity contribution in [3.8, 4) is 0 Å². The highest BCUT2D eigenvalue weighted by molar-refractivity contribution is 5.72. The topological polar surface area (TPSA) is 42.9 Å². The number of nitrogens with zero attached hydrogens (tertiary/aromatic N) is 2. The minimum atomic E-state index is 0.594. The Morgan fingerprint density at radius 3 is 2.54 bits per heavy atom. The number of aromatic nitrogens is 2. The monoisotopic (exact) mass is 174 g/mol. The molecule has 0 bridgehead atoms. The normalized spacial score (nSPS) is 16.3. The largest absolute Gasteiger partial charge is 0.299 e. The van der Waals surface area contributed by atoms with E-state index in [1.165, 1.54) is 24.5 Å². The lowest BCUT2D eigenvalue weighted by Crippen LogP contribution is -1.89. The van der Waals surface area contributed by atoms with E-state index >= 15 is 0 Å². The molecule has 0 unspecified atom stereocenters. The molecule has 66 valence electrons. The number of carbonyl (C=O) groups excluding carboxylic acids is 1. The van der Waals surface area contributed by atoms with Crippen LogP contribution < -0.4 is 0 Å². The van der Waals surface area contributed by atoms with Crippen LogP contribution in [0.25, 0.3) is 6.08 Å². The van der Waals surface area contributed by atoms with Crippen molar-refractivity contribution < 1.29 is 4.79 Å². The molecular weight excluding hydrogens is 164 g/mol. The first-order chi connectivity index (χ1) is 6.40. The summed E-state index contributed by atoms with van der Waals surface area (Å²) in [4.78, 5) is 18.3. The fraction of sp³-hybridized carbons (Fsp3) is 0.300. The maximum absolute atomic E-state index is 10.0. The molecule has 0 aliphatic heterocycles. The second-order valence-electron chi connectivity index (χ2n) is 3.14. The van der Waals surface area contributed by atoms with E-state index in [-0.39, 0.29) is 0 Å². The van der Waals surface area contributed by atoms with Gasteiger partial charge in [0.25, 0.3) is 0 Å². The van der Waals surface area contributed by atoms with Gasteiger partial charge in [0, 0.05) is 12.4 Å². The molecule has 1 aromatic rings. The molecule has 0 aromatic carbocycles. The van der Waals surface area contributed by atoms with Gasteiger partial charge in [-0.1, -0.05) is 0 Å². The second-order valence-corrected chi connectivity index (χ2v) is 3.14. The highest BCUT2D eigenvalue weighted by atomic mass is 16.1. The standard InChI is InChI=1S/C10H10N2O/c13-5-1-2-10-11-6-9(7-12-10)8-3-4-8/h1-2,5-8H,3-4H2. The first-order valence-corrected chi connectivity index (χ1v) is 4.34. The Labute approximate surface area is 76.5 Å². The minimum Gasteiger partial charge on any atom is -0.299 e. The van der Waals surface area contributed by atoms with E-state index in [1.54, 1.807) is 6.08 Å². The summed E-state index contributed by atoms with van der Waals surface area (Å²) in [7, 11) is 0. The number of allylic oxidation sites excluding steroid dienone is 1. The summed E-state index contributed by atoms with van der Waals surface area (Å²) in [6, 6.07) is 0. The summed E-state index contributed by atoms with van der Waals surface area (Å²) in [6.45, 7) is 0. The van der Waals surface area contributed by atoms with Crippen molar-refractivity contribution in [3.63, 3.8) is 0 Å². The predicted octanol–water partition coefficient (Wildman–Crippen LogP) is 1.57. The molecule has 2 rings (SSSR count). The van der Waals surface area contributed by atoms with Crippen molar-refractivity contribution in [2.45, 2.75) is 18.8 Å². The van der Waals surface area contributed by atoms with Gasteiger partial charge in [-0.3, -0.25) is 4.79 Å². The Kier molecular flexibility index (Phi) is 2.17. The fourth-order valence-electron chi connectivity index (χ4n) is 1.19. The van der Waals surface area contributed by atoms with Gasteiger partial charge in [-0.2, -0.15) is 0 Å². The molecule has 0 N–H and O–H groups in total. The summed E-state index contributed by atoms with van der Waals surface area (Å²) in [5.74, 6) is 1.28. The Bertz CT molecular complexity index is 325. The average molecular weight is 174 g/mol.